The van der Waals surface area contributed by atoms with Crippen LogP contribution < -0.4 is 5.32 Å². The zero-order valence-electron chi connectivity index (χ0n) is 14.6. The normalized spacial score (nSPS) is 18.0. The largest absolute Gasteiger partial charge is 0.444 e. The van der Waals surface area contributed by atoms with Gasteiger partial charge in [0.15, 0.2) is 0 Å². The van der Waals surface area contributed by atoms with Crippen molar-refractivity contribution in [2.24, 2.45) is 0 Å². The summed E-state index contributed by atoms with van der Waals surface area (Å²) >= 11 is 2.87. The number of halogens is 4. The third-order valence-corrected chi connectivity index (χ3v) is 4.37. The van der Waals surface area contributed by atoms with Crippen LogP contribution in [-0.4, -0.2) is 41.6 Å². The number of hydrogen-bond acceptors (Lipinski definition) is 3. The molecule has 0 aromatic heterocycles. The molecule has 1 unspecified atom stereocenters. The molecule has 0 aliphatic carbocycles. The van der Waals surface area contributed by atoms with E-state index in [0.717, 1.165) is 12.1 Å². The molecule has 0 bridgehead atoms. The third kappa shape index (κ3) is 5.36. The highest BCUT2D eigenvalue weighted by atomic mass is 79.9. The van der Waals surface area contributed by atoms with Crippen LogP contribution in [0.25, 0.3) is 0 Å². The number of benzene rings is 1. The van der Waals surface area contributed by atoms with E-state index < -0.39 is 23.4 Å². The molecule has 9 heteroatoms. The number of amides is 2. The van der Waals surface area contributed by atoms with Crippen molar-refractivity contribution in [2.45, 2.75) is 45.0 Å². The lowest BCUT2D eigenvalue weighted by Crippen LogP contribution is -2.41. The number of carbonyl (C=O) groups excluding carboxylic acids is 2. The fraction of sp³-hybridized carbons (Fsp3) is 0.529. The number of ether oxygens (including phenoxy) is 1. The summed E-state index contributed by atoms with van der Waals surface area (Å²) in [5, 5.41) is 2.70. The Morgan fingerprint density at radius 2 is 1.92 bits per heavy atom. The van der Waals surface area contributed by atoms with Gasteiger partial charge in [-0.05, 0) is 45.4 Å². The Hall–Kier alpha value is -1.77. The molecule has 5 nitrogen and oxygen atoms in total. The number of hydrogen-bond donors (Lipinski definition) is 1. The van der Waals surface area contributed by atoms with Crippen LogP contribution in [0.15, 0.2) is 22.7 Å². The molecule has 1 saturated heterocycles. The van der Waals surface area contributed by atoms with Gasteiger partial charge in [-0.3, -0.25) is 4.79 Å². The van der Waals surface area contributed by atoms with Gasteiger partial charge in [-0.15, -0.1) is 0 Å². The maximum atomic E-state index is 12.8. The molecular formula is C17H20BrF3N2O3. The highest BCUT2D eigenvalue weighted by Gasteiger charge is 2.34. The van der Waals surface area contributed by atoms with Crippen molar-refractivity contribution >= 4 is 27.9 Å². The first-order chi connectivity index (χ1) is 11.9. The number of likely N-dealkylation sites (tertiary alicyclic amines) is 1. The van der Waals surface area contributed by atoms with E-state index in [2.05, 4.69) is 21.2 Å². The van der Waals surface area contributed by atoms with Crippen LogP contribution in [0.4, 0.5) is 18.0 Å². The molecule has 2 rings (SSSR count). The Balaban J connectivity index is 1.99. The molecule has 1 atom stereocenters. The highest BCUT2D eigenvalue weighted by molar-refractivity contribution is 9.10. The lowest BCUT2D eigenvalue weighted by atomic mass is 10.1. The molecule has 0 spiro atoms. The molecule has 0 saturated carbocycles. The van der Waals surface area contributed by atoms with E-state index in [4.69, 9.17) is 4.74 Å². The highest BCUT2D eigenvalue weighted by Crippen LogP contribution is 2.35. The average Bonchev–Trinajstić information content (AvgIpc) is 2.91. The van der Waals surface area contributed by atoms with Gasteiger partial charge in [0.2, 0.25) is 0 Å². The molecule has 1 aliphatic heterocycles. The van der Waals surface area contributed by atoms with Crippen molar-refractivity contribution in [3.05, 3.63) is 33.8 Å². The summed E-state index contributed by atoms with van der Waals surface area (Å²) in [6, 6.07) is 2.94. The number of alkyl halides is 3. The Labute approximate surface area is 158 Å². The van der Waals surface area contributed by atoms with Gasteiger partial charge in [-0.1, -0.05) is 15.9 Å². The average molecular weight is 437 g/mol. The Morgan fingerprint density at radius 1 is 1.27 bits per heavy atom. The Kier molecular flexibility index (Phi) is 5.89. The molecule has 1 heterocycles. The van der Waals surface area contributed by atoms with Gasteiger partial charge in [-0.25, -0.2) is 4.79 Å². The second-order valence-electron chi connectivity index (χ2n) is 7.08. The summed E-state index contributed by atoms with van der Waals surface area (Å²) in [4.78, 5) is 25.8. The predicted molar refractivity (Wildman–Crippen MR) is 92.8 cm³/mol. The zero-order valence-corrected chi connectivity index (χ0v) is 16.2. The number of carbonyl (C=O) groups is 2. The van der Waals surface area contributed by atoms with Crippen LogP contribution in [0, 0.1) is 0 Å². The van der Waals surface area contributed by atoms with Gasteiger partial charge < -0.3 is 15.0 Å². The SMILES string of the molecule is CC(C)(C)OC(=O)NC1CCN(C(=O)c2ccc(C(F)(F)F)c(Br)c2)C1. The van der Waals surface area contributed by atoms with Crippen LogP contribution in [-0.2, 0) is 10.9 Å². The summed E-state index contributed by atoms with van der Waals surface area (Å²) in [6.07, 6.45) is -4.50. The van der Waals surface area contributed by atoms with Gasteiger partial charge in [0.25, 0.3) is 5.91 Å². The zero-order chi connectivity index (χ0) is 19.7. The van der Waals surface area contributed by atoms with Crippen LogP contribution in [0.3, 0.4) is 0 Å². The number of alkyl carbamates (subject to hydrolysis) is 1. The van der Waals surface area contributed by atoms with Gasteiger partial charge in [-0.2, -0.15) is 13.2 Å². The first-order valence-electron chi connectivity index (χ1n) is 8.02. The van der Waals surface area contributed by atoms with Crippen LogP contribution >= 0.6 is 15.9 Å². The van der Waals surface area contributed by atoms with E-state index >= 15 is 0 Å². The van der Waals surface area contributed by atoms with Crippen LogP contribution in [0.2, 0.25) is 0 Å². The smallest absolute Gasteiger partial charge is 0.417 e. The first kappa shape index (κ1) is 20.5. The van der Waals surface area contributed by atoms with E-state index in [9.17, 15) is 22.8 Å². The molecular weight excluding hydrogens is 417 g/mol. The van der Waals surface area contributed by atoms with Gasteiger partial charge in [0.1, 0.15) is 5.60 Å². The lowest BCUT2D eigenvalue weighted by Gasteiger charge is -2.22. The van der Waals surface area contributed by atoms with Crippen molar-refractivity contribution in [1.29, 1.82) is 0 Å². The molecule has 0 radical (unpaired) electrons. The fourth-order valence-corrected chi connectivity index (χ4v) is 3.20. The maximum Gasteiger partial charge on any atom is 0.417 e. The summed E-state index contributed by atoms with van der Waals surface area (Å²) in [5.74, 6) is -0.382. The molecule has 1 N–H and O–H groups in total. The minimum absolute atomic E-state index is 0.155. The molecule has 1 aliphatic rings. The van der Waals surface area contributed by atoms with Crippen molar-refractivity contribution in [2.75, 3.05) is 13.1 Å². The van der Waals surface area contributed by atoms with Crippen molar-refractivity contribution in [1.82, 2.24) is 10.2 Å². The second-order valence-corrected chi connectivity index (χ2v) is 7.93. The molecule has 26 heavy (non-hydrogen) atoms. The second kappa shape index (κ2) is 7.46. The topological polar surface area (TPSA) is 58.6 Å². The first-order valence-corrected chi connectivity index (χ1v) is 8.81. The van der Waals surface area contributed by atoms with Crippen molar-refractivity contribution in [3.8, 4) is 0 Å². The maximum absolute atomic E-state index is 12.8. The van der Waals surface area contributed by atoms with Crippen molar-refractivity contribution < 1.29 is 27.5 Å². The van der Waals surface area contributed by atoms with Crippen molar-refractivity contribution in [3.63, 3.8) is 0 Å². The van der Waals surface area contributed by atoms with Gasteiger partial charge in [0, 0.05) is 23.1 Å². The van der Waals surface area contributed by atoms with Gasteiger partial charge >= 0.3 is 12.3 Å². The fourth-order valence-electron chi connectivity index (χ4n) is 2.60. The molecule has 144 valence electrons. The van der Waals surface area contributed by atoms with E-state index in [-0.39, 0.29) is 28.5 Å². The minimum atomic E-state index is -4.49. The molecule has 1 aromatic carbocycles. The minimum Gasteiger partial charge on any atom is -0.444 e. The van der Waals surface area contributed by atoms with Crippen LogP contribution in [0.5, 0.6) is 0 Å². The van der Waals surface area contributed by atoms with E-state index in [1.165, 1.54) is 11.0 Å². The van der Waals surface area contributed by atoms with Crippen LogP contribution in [0.1, 0.15) is 43.1 Å². The Morgan fingerprint density at radius 3 is 2.46 bits per heavy atom. The lowest BCUT2D eigenvalue weighted by molar-refractivity contribution is -0.138. The van der Waals surface area contributed by atoms with E-state index in [0.29, 0.717) is 13.0 Å². The third-order valence-electron chi connectivity index (χ3n) is 3.72. The number of rotatable bonds is 2. The standard InChI is InChI=1S/C17H20BrF3N2O3/c1-16(2,3)26-15(25)22-11-6-7-23(9-11)14(24)10-4-5-12(13(18)8-10)17(19,20)21/h4-5,8,11H,6-7,9H2,1-3H3,(H,22,25). The Bertz CT molecular complexity index is 701. The monoisotopic (exact) mass is 436 g/mol. The summed E-state index contributed by atoms with van der Waals surface area (Å²) in [5.41, 5.74) is -1.30. The van der Waals surface area contributed by atoms with E-state index in [1.807, 2.05) is 0 Å². The summed E-state index contributed by atoms with van der Waals surface area (Å²) < 4.78 is 43.4. The number of nitrogens with one attached hydrogen (secondary N) is 1. The molecule has 1 fully saturated rings. The van der Waals surface area contributed by atoms with Gasteiger partial charge in [0.05, 0.1) is 11.6 Å². The summed E-state index contributed by atoms with van der Waals surface area (Å²) in [6.45, 7) is 5.92. The molecule has 1 aromatic rings. The predicted octanol–water partition coefficient (Wildman–Crippen LogP) is 4.21. The summed E-state index contributed by atoms with van der Waals surface area (Å²) in [7, 11) is 0. The molecule has 2 amide bonds. The van der Waals surface area contributed by atoms with E-state index in [1.54, 1.807) is 20.8 Å². The number of nitrogens with zero attached hydrogens (tertiary/aromatic N) is 1. The quantitative estimate of drug-likeness (QED) is 0.755.